The molecule has 1 aromatic carbocycles. The summed E-state index contributed by atoms with van der Waals surface area (Å²) in [5.74, 6) is 0. The number of benzene rings is 1. The first-order chi connectivity index (χ1) is 7.23. The van der Waals surface area contributed by atoms with Crippen molar-refractivity contribution in [1.82, 2.24) is 0 Å². The zero-order chi connectivity index (χ0) is 12.5. The number of rotatable bonds is 2. The lowest BCUT2D eigenvalue weighted by molar-refractivity contribution is -0.385. The van der Waals surface area contributed by atoms with E-state index in [1.54, 1.807) is 19.1 Å². The van der Waals surface area contributed by atoms with E-state index in [1.165, 1.54) is 0 Å². The number of nitro groups is 1. The fourth-order valence-electron chi connectivity index (χ4n) is 1.52. The van der Waals surface area contributed by atoms with Crippen LogP contribution in [0.15, 0.2) is 18.2 Å². The largest absolute Gasteiger partial charge is 0.324 e. The van der Waals surface area contributed by atoms with E-state index in [0.29, 0.717) is 5.56 Å². The van der Waals surface area contributed by atoms with E-state index >= 15 is 0 Å². The van der Waals surface area contributed by atoms with E-state index in [4.69, 9.17) is 5.73 Å². The third kappa shape index (κ3) is 3.68. The number of nitrogens with zero attached hydrogens (tertiary/aromatic N) is 1. The maximum absolute atomic E-state index is 10.8. The molecule has 0 radical (unpaired) electrons. The Kier molecular flexibility index (Phi) is 5.11. The lowest BCUT2D eigenvalue weighted by Gasteiger charge is -2.27. The van der Waals surface area contributed by atoms with Crippen molar-refractivity contribution in [2.75, 3.05) is 0 Å². The van der Waals surface area contributed by atoms with E-state index in [9.17, 15) is 10.1 Å². The maximum atomic E-state index is 10.8. The standard InChI is InChI=1S/C12H18N2O2.ClH/c1-8-5-6-9(7-10(8)14(15)16)11(13)12(2,3)4;/h5-7,11H,13H2,1-4H3;1H/t11-;/m0./s1. The first-order valence-electron chi connectivity index (χ1n) is 5.24. The van der Waals surface area contributed by atoms with Crippen LogP contribution in [-0.4, -0.2) is 4.92 Å². The zero-order valence-electron chi connectivity index (χ0n) is 10.6. The molecular weight excluding hydrogens is 240 g/mol. The van der Waals surface area contributed by atoms with Crippen molar-refractivity contribution in [2.24, 2.45) is 11.1 Å². The number of aryl methyl sites for hydroxylation is 1. The summed E-state index contributed by atoms with van der Waals surface area (Å²) in [5.41, 5.74) is 7.57. The minimum Gasteiger partial charge on any atom is -0.324 e. The summed E-state index contributed by atoms with van der Waals surface area (Å²) in [4.78, 5) is 10.4. The van der Waals surface area contributed by atoms with Gasteiger partial charge in [-0.25, -0.2) is 0 Å². The minimum absolute atomic E-state index is 0. The number of nitrogens with two attached hydrogens (primary N) is 1. The van der Waals surface area contributed by atoms with Gasteiger partial charge in [0.15, 0.2) is 0 Å². The van der Waals surface area contributed by atoms with Gasteiger partial charge < -0.3 is 5.73 Å². The summed E-state index contributed by atoms with van der Waals surface area (Å²) < 4.78 is 0. The van der Waals surface area contributed by atoms with Crippen LogP contribution in [0.2, 0.25) is 0 Å². The van der Waals surface area contributed by atoms with Gasteiger partial charge in [0.2, 0.25) is 0 Å². The van der Waals surface area contributed by atoms with Gasteiger partial charge in [0, 0.05) is 17.7 Å². The Balaban J connectivity index is 0.00000256. The van der Waals surface area contributed by atoms with Crippen LogP contribution < -0.4 is 5.73 Å². The molecule has 0 fully saturated rings. The molecule has 0 aliphatic carbocycles. The van der Waals surface area contributed by atoms with Crippen LogP contribution in [0.1, 0.15) is 37.9 Å². The number of nitro benzene ring substituents is 1. The summed E-state index contributed by atoms with van der Waals surface area (Å²) in [7, 11) is 0. The molecule has 0 heterocycles. The molecule has 1 aromatic rings. The Labute approximate surface area is 108 Å². The van der Waals surface area contributed by atoms with Crippen LogP contribution >= 0.6 is 12.4 Å². The Bertz CT molecular complexity index is 413. The molecule has 96 valence electrons. The van der Waals surface area contributed by atoms with Crippen molar-refractivity contribution in [2.45, 2.75) is 33.7 Å². The highest BCUT2D eigenvalue weighted by Gasteiger charge is 2.24. The summed E-state index contributed by atoms with van der Waals surface area (Å²) >= 11 is 0. The monoisotopic (exact) mass is 258 g/mol. The topological polar surface area (TPSA) is 69.2 Å². The van der Waals surface area contributed by atoms with E-state index in [-0.39, 0.29) is 34.5 Å². The Morgan fingerprint density at radius 1 is 1.35 bits per heavy atom. The molecular formula is C12H19ClN2O2. The van der Waals surface area contributed by atoms with E-state index in [0.717, 1.165) is 5.56 Å². The first-order valence-corrected chi connectivity index (χ1v) is 5.24. The van der Waals surface area contributed by atoms with Gasteiger partial charge in [-0.3, -0.25) is 10.1 Å². The molecule has 0 amide bonds. The lowest BCUT2D eigenvalue weighted by atomic mass is 9.83. The van der Waals surface area contributed by atoms with Gasteiger partial charge in [0.25, 0.3) is 5.69 Å². The molecule has 4 nitrogen and oxygen atoms in total. The Morgan fingerprint density at radius 3 is 2.29 bits per heavy atom. The molecule has 17 heavy (non-hydrogen) atoms. The normalized spacial score (nSPS) is 12.8. The van der Waals surface area contributed by atoms with E-state index < -0.39 is 0 Å². The second-order valence-corrected chi connectivity index (χ2v) is 5.15. The average molecular weight is 259 g/mol. The molecule has 0 saturated heterocycles. The summed E-state index contributed by atoms with van der Waals surface area (Å²) in [6.07, 6.45) is 0. The van der Waals surface area contributed by atoms with Gasteiger partial charge in [-0.05, 0) is 17.9 Å². The highest BCUT2D eigenvalue weighted by Crippen LogP contribution is 2.32. The molecule has 0 aromatic heterocycles. The highest BCUT2D eigenvalue weighted by molar-refractivity contribution is 5.85. The van der Waals surface area contributed by atoms with Gasteiger partial charge in [0.1, 0.15) is 0 Å². The predicted octanol–water partition coefficient (Wildman–Crippen LogP) is 3.37. The van der Waals surface area contributed by atoms with Crippen LogP contribution in [0.3, 0.4) is 0 Å². The van der Waals surface area contributed by atoms with Crippen LogP contribution in [-0.2, 0) is 0 Å². The molecule has 0 aliphatic rings. The quantitative estimate of drug-likeness (QED) is 0.653. The summed E-state index contributed by atoms with van der Waals surface area (Å²) in [6, 6.07) is 4.98. The molecule has 0 saturated carbocycles. The summed E-state index contributed by atoms with van der Waals surface area (Å²) in [5, 5.41) is 10.8. The van der Waals surface area contributed by atoms with Crippen LogP contribution in [0, 0.1) is 22.5 Å². The average Bonchev–Trinajstić information content (AvgIpc) is 2.15. The van der Waals surface area contributed by atoms with E-state index in [2.05, 4.69) is 0 Å². The summed E-state index contributed by atoms with van der Waals surface area (Å²) in [6.45, 7) is 7.78. The zero-order valence-corrected chi connectivity index (χ0v) is 11.4. The van der Waals surface area contributed by atoms with Crippen LogP contribution in [0.5, 0.6) is 0 Å². The number of halogens is 1. The Hall–Kier alpha value is -1.13. The van der Waals surface area contributed by atoms with Gasteiger partial charge in [-0.2, -0.15) is 0 Å². The van der Waals surface area contributed by atoms with Gasteiger partial charge in [0.05, 0.1) is 4.92 Å². The molecule has 2 N–H and O–H groups in total. The molecule has 0 spiro atoms. The fourth-order valence-corrected chi connectivity index (χ4v) is 1.52. The van der Waals surface area contributed by atoms with E-state index in [1.807, 2.05) is 26.8 Å². The minimum atomic E-state index is -0.367. The molecule has 5 heteroatoms. The molecule has 1 rings (SSSR count). The maximum Gasteiger partial charge on any atom is 0.272 e. The first kappa shape index (κ1) is 15.9. The SMILES string of the molecule is Cc1ccc([C@H](N)C(C)(C)C)cc1[N+](=O)[O-].Cl. The van der Waals surface area contributed by atoms with Crippen molar-refractivity contribution >= 4 is 18.1 Å². The second-order valence-electron chi connectivity index (χ2n) is 5.15. The number of hydrogen-bond acceptors (Lipinski definition) is 3. The second kappa shape index (κ2) is 5.47. The Morgan fingerprint density at radius 2 is 1.88 bits per heavy atom. The van der Waals surface area contributed by atoms with Crippen molar-refractivity contribution in [3.05, 3.63) is 39.4 Å². The number of hydrogen-bond donors (Lipinski definition) is 1. The fraction of sp³-hybridized carbons (Fsp3) is 0.500. The lowest BCUT2D eigenvalue weighted by Crippen LogP contribution is -2.26. The van der Waals surface area contributed by atoms with Crippen molar-refractivity contribution in [1.29, 1.82) is 0 Å². The smallest absolute Gasteiger partial charge is 0.272 e. The van der Waals surface area contributed by atoms with Crippen LogP contribution in [0.4, 0.5) is 5.69 Å². The van der Waals surface area contributed by atoms with Gasteiger partial charge >= 0.3 is 0 Å². The van der Waals surface area contributed by atoms with Crippen molar-refractivity contribution < 1.29 is 4.92 Å². The van der Waals surface area contributed by atoms with Gasteiger partial charge in [-0.15, -0.1) is 12.4 Å². The highest BCUT2D eigenvalue weighted by atomic mass is 35.5. The molecule has 0 unspecified atom stereocenters. The predicted molar refractivity (Wildman–Crippen MR) is 71.5 cm³/mol. The molecule has 0 bridgehead atoms. The molecule has 1 atom stereocenters. The third-order valence-corrected chi connectivity index (χ3v) is 2.72. The van der Waals surface area contributed by atoms with Crippen LogP contribution in [0.25, 0.3) is 0 Å². The van der Waals surface area contributed by atoms with Crippen molar-refractivity contribution in [3.63, 3.8) is 0 Å². The molecule has 0 aliphatic heterocycles. The third-order valence-electron chi connectivity index (χ3n) is 2.72. The van der Waals surface area contributed by atoms with Gasteiger partial charge in [-0.1, -0.05) is 32.9 Å². The van der Waals surface area contributed by atoms with Crippen molar-refractivity contribution in [3.8, 4) is 0 Å².